The molecule has 1 spiro atoms. The quantitative estimate of drug-likeness (QED) is 0.258. The molecule has 1 aromatic heterocycles. The Bertz CT molecular complexity index is 1490. The van der Waals surface area contributed by atoms with E-state index < -0.39 is 12.1 Å². The number of fused-ring (bicyclic) bond motifs is 1. The highest BCUT2D eigenvalue weighted by Gasteiger charge is 2.43. The molecule has 3 atom stereocenters. The van der Waals surface area contributed by atoms with Crippen LogP contribution in [-0.4, -0.2) is 39.9 Å². The van der Waals surface area contributed by atoms with Crippen LogP contribution < -0.4 is 20.9 Å². The summed E-state index contributed by atoms with van der Waals surface area (Å²) < 4.78 is 8.37. The van der Waals surface area contributed by atoms with Crippen molar-refractivity contribution in [2.45, 2.75) is 114 Å². The summed E-state index contributed by atoms with van der Waals surface area (Å²) in [6.07, 6.45) is 10.8. The molecular weight excluding hydrogens is 550 g/mol. The van der Waals surface area contributed by atoms with E-state index in [2.05, 4.69) is 42.7 Å². The Hall–Kier alpha value is -3.42. The van der Waals surface area contributed by atoms with Crippen LogP contribution in [0.25, 0.3) is 0 Å². The number of nitrogens with zero attached hydrogens (tertiary/aromatic N) is 1. The number of carbonyl (C=O) groups excluding carboxylic acids is 1. The van der Waals surface area contributed by atoms with Crippen molar-refractivity contribution in [3.05, 3.63) is 99.5 Å². The Morgan fingerprint density at radius 3 is 2.50 bits per heavy atom. The van der Waals surface area contributed by atoms with Crippen LogP contribution in [0.4, 0.5) is 0 Å². The second-order valence-electron chi connectivity index (χ2n) is 13.5. The number of amides is 1. The Morgan fingerprint density at radius 2 is 1.77 bits per heavy atom. The molecule has 2 fully saturated rings. The maximum atomic E-state index is 13.6. The molecule has 3 aromatic rings. The first-order chi connectivity index (χ1) is 21.3. The molecule has 6 rings (SSSR count). The van der Waals surface area contributed by atoms with Crippen LogP contribution in [0.1, 0.15) is 117 Å². The van der Waals surface area contributed by atoms with Crippen molar-refractivity contribution in [2.24, 2.45) is 0 Å². The minimum atomic E-state index is -0.834. The number of aromatic nitrogens is 1. The predicted octanol–water partition coefficient (Wildman–Crippen LogP) is 6.22. The number of pyridine rings is 1. The van der Waals surface area contributed by atoms with E-state index in [9.17, 15) is 14.7 Å². The Kier molecular flexibility index (Phi) is 9.24. The van der Waals surface area contributed by atoms with E-state index in [0.29, 0.717) is 24.4 Å². The van der Waals surface area contributed by atoms with Crippen LogP contribution in [0.3, 0.4) is 0 Å². The smallest absolute Gasteiger partial charge is 0.253 e. The maximum absolute atomic E-state index is 13.6. The summed E-state index contributed by atoms with van der Waals surface area (Å²) in [6, 6.07) is 19.3. The maximum Gasteiger partial charge on any atom is 0.253 e. The zero-order valence-corrected chi connectivity index (χ0v) is 26.1. The molecule has 0 bridgehead atoms. The van der Waals surface area contributed by atoms with Gasteiger partial charge in [0.15, 0.2) is 0 Å². The van der Waals surface area contributed by atoms with E-state index in [0.717, 1.165) is 61.8 Å². The summed E-state index contributed by atoms with van der Waals surface area (Å²) in [5.41, 5.74) is 3.67. The standard InChI is InChI=1S/C37H47N3O4/c1-25(2)27-14-16-34-30(21-27)32(22-37(44-34)18-8-9-19-37)38-23-33(41)31(20-26-10-4-3-5-11-26)39-36(43)28-15-17-35(42)40(24-28)29-12-6-7-13-29/h3-5,10-11,14-17,21,24-25,29,31-33,38,41H,6-9,12-13,18-20,22-23H2,1-2H3,(H,39,43)/t31-,32-,33+/m0/s1. The molecule has 7 nitrogen and oxygen atoms in total. The third-order valence-corrected chi connectivity index (χ3v) is 10.1. The molecule has 2 saturated carbocycles. The normalized spacial score (nSPS) is 20.8. The lowest BCUT2D eigenvalue weighted by molar-refractivity contribution is 0.0326. The first-order valence-corrected chi connectivity index (χ1v) is 16.6. The predicted molar refractivity (Wildman–Crippen MR) is 173 cm³/mol. The zero-order valence-electron chi connectivity index (χ0n) is 26.1. The molecule has 1 amide bonds. The van der Waals surface area contributed by atoms with Gasteiger partial charge in [0.05, 0.1) is 17.7 Å². The van der Waals surface area contributed by atoms with Gasteiger partial charge in [-0.25, -0.2) is 0 Å². The Morgan fingerprint density at radius 1 is 1.02 bits per heavy atom. The van der Waals surface area contributed by atoms with E-state index >= 15 is 0 Å². The number of aliphatic hydroxyl groups is 1. The summed E-state index contributed by atoms with van der Waals surface area (Å²) in [6.45, 7) is 4.73. The van der Waals surface area contributed by atoms with Crippen molar-refractivity contribution < 1.29 is 14.6 Å². The summed E-state index contributed by atoms with van der Waals surface area (Å²) in [7, 11) is 0. The van der Waals surface area contributed by atoms with Crippen LogP contribution >= 0.6 is 0 Å². The minimum Gasteiger partial charge on any atom is -0.487 e. The largest absolute Gasteiger partial charge is 0.487 e. The zero-order chi connectivity index (χ0) is 30.7. The molecule has 2 aromatic carbocycles. The second-order valence-corrected chi connectivity index (χ2v) is 13.5. The number of benzene rings is 2. The van der Waals surface area contributed by atoms with E-state index in [1.165, 1.54) is 24.5 Å². The number of hydrogen-bond acceptors (Lipinski definition) is 5. The lowest BCUT2D eigenvalue weighted by Gasteiger charge is -2.41. The highest BCUT2D eigenvalue weighted by molar-refractivity contribution is 5.94. The summed E-state index contributed by atoms with van der Waals surface area (Å²) in [5, 5.41) is 18.5. The third kappa shape index (κ3) is 6.79. The molecule has 3 aliphatic rings. The average molecular weight is 598 g/mol. The van der Waals surface area contributed by atoms with Gasteiger partial charge in [0, 0.05) is 42.9 Å². The number of rotatable bonds is 10. The van der Waals surface area contributed by atoms with Crippen molar-refractivity contribution in [1.29, 1.82) is 0 Å². The lowest BCUT2D eigenvalue weighted by Crippen LogP contribution is -2.50. The van der Waals surface area contributed by atoms with Gasteiger partial charge in [0.2, 0.25) is 0 Å². The molecular formula is C37H47N3O4. The molecule has 7 heteroatoms. The number of ether oxygens (including phenoxy) is 1. The van der Waals surface area contributed by atoms with E-state index in [-0.39, 0.29) is 29.2 Å². The monoisotopic (exact) mass is 597 g/mol. The highest BCUT2D eigenvalue weighted by atomic mass is 16.5. The van der Waals surface area contributed by atoms with Crippen molar-refractivity contribution >= 4 is 5.91 Å². The van der Waals surface area contributed by atoms with E-state index in [1.807, 2.05) is 30.3 Å². The van der Waals surface area contributed by atoms with Crippen LogP contribution in [0.15, 0.2) is 71.7 Å². The molecule has 0 radical (unpaired) electrons. The third-order valence-electron chi connectivity index (χ3n) is 10.1. The van der Waals surface area contributed by atoms with Crippen LogP contribution in [-0.2, 0) is 6.42 Å². The topological polar surface area (TPSA) is 92.6 Å². The van der Waals surface area contributed by atoms with E-state index in [1.54, 1.807) is 16.8 Å². The summed E-state index contributed by atoms with van der Waals surface area (Å²) >= 11 is 0. The van der Waals surface area contributed by atoms with Crippen molar-refractivity contribution in [3.63, 3.8) is 0 Å². The minimum absolute atomic E-state index is 0.0493. The van der Waals surface area contributed by atoms with Crippen LogP contribution in [0.5, 0.6) is 5.75 Å². The van der Waals surface area contributed by atoms with Gasteiger partial charge in [-0.1, -0.05) is 69.2 Å². The SMILES string of the molecule is CC(C)c1ccc2c(c1)[C@@H](NC[C@@H](O)[C@H](Cc1ccccc1)NC(=O)c1ccc(=O)n(C3CCCC3)c1)CC1(CCCC1)O2. The van der Waals surface area contributed by atoms with Crippen LogP contribution in [0.2, 0.25) is 0 Å². The fraction of sp³-hybridized carbons (Fsp3) is 0.514. The molecule has 1 aliphatic heterocycles. The highest BCUT2D eigenvalue weighted by Crippen LogP contribution is 2.47. The molecule has 3 N–H and O–H groups in total. The van der Waals surface area contributed by atoms with Crippen molar-refractivity contribution in [2.75, 3.05) is 6.54 Å². The molecule has 44 heavy (non-hydrogen) atoms. The Labute approximate surface area is 261 Å². The van der Waals surface area contributed by atoms with Crippen molar-refractivity contribution in [1.82, 2.24) is 15.2 Å². The lowest BCUT2D eigenvalue weighted by atomic mass is 9.84. The van der Waals surface area contributed by atoms with Gasteiger partial charge in [0.25, 0.3) is 11.5 Å². The van der Waals surface area contributed by atoms with Gasteiger partial charge >= 0.3 is 0 Å². The second kappa shape index (κ2) is 13.3. The van der Waals surface area contributed by atoms with E-state index in [4.69, 9.17) is 4.74 Å². The summed E-state index contributed by atoms with van der Waals surface area (Å²) in [5.74, 6) is 1.07. The molecule has 2 aliphatic carbocycles. The summed E-state index contributed by atoms with van der Waals surface area (Å²) in [4.78, 5) is 26.2. The van der Waals surface area contributed by atoms with Gasteiger partial charge in [-0.05, 0) is 74.1 Å². The molecule has 0 unspecified atom stereocenters. The number of hydrogen-bond donors (Lipinski definition) is 3. The fourth-order valence-corrected chi connectivity index (χ4v) is 7.47. The molecule has 234 valence electrons. The van der Waals surface area contributed by atoms with Gasteiger partial charge in [0.1, 0.15) is 11.4 Å². The average Bonchev–Trinajstić information content (AvgIpc) is 3.73. The number of carbonyl (C=O) groups is 1. The fourth-order valence-electron chi connectivity index (χ4n) is 7.47. The van der Waals surface area contributed by atoms with Gasteiger partial charge < -0.3 is 25.0 Å². The van der Waals surface area contributed by atoms with Crippen LogP contribution in [0, 0.1) is 0 Å². The van der Waals surface area contributed by atoms with Gasteiger partial charge in [-0.2, -0.15) is 0 Å². The Balaban J connectivity index is 1.21. The van der Waals surface area contributed by atoms with Gasteiger partial charge in [-0.3, -0.25) is 9.59 Å². The first kappa shape index (κ1) is 30.6. The first-order valence-electron chi connectivity index (χ1n) is 16.6. The molecule has 0 saturated heterocycles. The van der Waals surface area contributed by atoms with Crippen molar-refractivity contribution in [3.8, 4) is 5.75 Å². The molecule has 2 heterocycles. The number of nitrogens with one attached hydrogen (secondary N) is 2. The number of aliphatic hydroxyl groups excluding tert-OH is 1. The van der Waals surface area contributed by atoms with Gasteiger partial charge in [-0.15, -0.1) is 0 Å².